The highest BCUT2D eigenvalue weighted by Gasteiger charge is 2.16. The van der Waals surface area contributed by atoms with Crippen LogP contribution in [0.1, 0.15) is 19.4 Å². The molecule has 1 rings (SSSR count). The number of allylic oxidation sites excluding steroid dienone is 16. The Morgan fingerprint density at radius 1 is 0.714 bits per heavy atom. The number of hydrogen-bond donors (Lipinski definition) is 0. The van der Waals surface area contributed by atoms with Crippen molar-refractivity contribution >= 4 is 5.57 Å². The maximum absolute atomic E-state index is 4.07. The third-order valence-electron chi connectivity index (χ3n) is 4.03. The Labute approximate surface area is 171 Å². The van der Waals surface area contributed by atoms with E-state index in [-0.39, 0.29) is 0 Å². The smallest absolute Gasteiger partial charge is 0.00270 e. The van der Waals surface area contributed by atoms with Crippen molar-refractivity contribution < 1.29 is 0 Å². The minimum Gasteiger partial charge on any atom is -0.0990 e. The summed E-state index contributed by atoms with van der Waals surface area (Å²) in [5, 5.41) is 0. The van der Waals surface area contributed by atoms with Gasteiger partial charge in [-0.25, -0.2) is 0 Å². The van der Waals surface area contributed by atoms with Crippen LogP contribution in [-0.4, -0.2) is 0 Å². The summed E-state index contributed by atoms with van der Waals surface area (Å²) in [5.41, 5.74) is 6.27. The first kappa shape index (κ1) is 22.7. The first-order chi connectivity index (χ1) is 13.7. The van der Waals surface area contributed by atoms with Gasteiger partial charge in [0.05, 0.1) is 0 Å². The zero-order chi connectivity index (χ0) is 20.8. The van der Waals surface area contributed by atoms with Crippen LogP contribution in [0.15, 0.2) is 146 Å². The van der Waals surface area contributed by atoms with Gasteiger partial charge < -0.3 is 0 Å². The van der Waals surface area contributed by atoms with Crippen molar-refractivity contribution in [2.45, 2.75) is 13.8 Å². The van der Waals surface area contributed by atoms with Crippen LogP contribution in [0.4, 0.5) is 0 Å². The van der Waals surface area contributed by atoms with E-state index >= 15 is 0 Å². The van der Waals surface area contributed by atoms with Crippen molar-refractivity contribution in [2.75, 3.05) is 0 Å². The third-order valence-corrected chi connectivity index (χ3v) is 4.03. The Balaban J connectivity index is 4.19. The lowest BCUT2D eigenvalue weighted by molar-refractivity contribution is 1.42. The largest absolute Gasteiger partial charge is 0.0990 e. The summed E-state index contributed by atoms with van der Waals surface area (Å²) in [6.45, 7) is 19.9. The van der Waals surface area contributed by atoms with Crippen LogP contribution in [0.3, 0.4) is 0 Å². The molecule has 0 fully saturated rings. The predicted octanol–water partition coefficient (Wildman–Crippen LogP) is 8.12. The third kappa shape index (κ3) is 6.10. The minimum atomic E-state index is 0.980. The van der Waals surface area contributed by atoms with Crippen LogP contribution in [0, 0.1) is 0 Å². The van der Waals surface area contributed by atoms with Gasteiger partial charge in [-0.05, 0) is 47.3 Å². The van der Waals surface area contributed by atoms with E-state index in [0.29, 0.717) is 0 Å². The van der Waals surface area contributed by atoms with E-state index in [1.165, 1.54) is 0 Å². The Morgan fingerprint density at radius 2 is 1.32 bits per heavy atom. The molecule has 142 valence electrons. The van der Waals surface area contributed by atoms with Crippen molar-refractivity contribution in [3.63, 3.8) is 0 Å². The Kier molecular flexibility index (Phi) is 10.4. The molecule has 0 bridgehead atoms. The SMILES string of the molecule is C=C/C=C(C=C)/C(C(/C=C\C)=C/C=C)=C(\C(C=C)=C\C=C/C)c1ccccc1. The summed E-state index contributed by atoms with van der Waals surface area (Å²) in [5.74, 6) is 0. The second kappa shape index (κ2) is 12.9. The second-order valence-corrected chi connectivity index (χ2v) is 5.89. The van der Waals surface area contributed by atoms with Crippen molar-refractivity contribution in [2.24, 2.45) is 0 Å². The topological polar surface area (TPSA) is 0 Å². The zero-order valence-corrected chi connectivity index (χ0v) is 17.1. The molecule has 0 unspecified atom stereocenters. The molecule has 0 amide bonds. The molecule has 0 aliphatic heterocycles. The molecule has 0 heteroatoms. The van der Waals surface area contributed by atoms with Crippen molar-refractivity contribution in [1.29, 1.82) is 0 Å². The molecular formula is C28H30. The minimum absolute atomic E-state index is 0.980. The van der Waals surface area contributed by atoms with Gasteiger partial charge in [0, 0.05) is 0 Å². The molecule has 0 heterocycles. The van der Waals surface area contributed by atoms with Gasteiger partial charge in [0.1, 0.15) is 0 Å². The second-order valence-electron chi connectivity index (χ2n) is 5.89. The molecule has 1 aromatic rings. The quantitative estimate of drug-likeness (QED) is 0.367. The fourth-order valence-electron chi connectivity index (χ4n) is 2.88. The lowest BCUT2D eigenvalue weighted by Crippen LogP contribution is -2.00. The molecule has 0 aliphatic carbocycles. The average Bonchev–Trinajstić information content (AvgIpc) is 2.73. The van der Waals surface area contributed by atoms with E-state index in [0.717, 1.165) is 33.4 Å². The van der Waals surface area contributed by atoms with Crippen molar-refractivity contribution in [3.8, 4) is 0 Å². The van der Waals surface area contributed by atoms with Crippen LogP contribution in [0.5, 0.6) is 0 Å². The number of benzene rings is 1. The van der Waals surface area contributed by atoms with Crippen molar-refractivity contribution in [1.82, 2.24) is 0 Å². The molecule has 1 aromatic carbocycles. The standard InChI is InChI=1S/C28H30/c1-7-13-20-24(12-6)28(26-21-15-14-16-22-26)27(23(11-5)17-8-2)25(18-9-3)19-10-4/h7-22H,2-3,5-6H2,1,4H3/b13-7-,19-10-,23-17+,24-20+,25-18+,28-27-. The van der Waals surface area contributed by atoms with Crippen LogP contribution >= 0.6 is 0 Å². The summed E-state index contributed by atoms with van der Waals surface area (Å²) in [6, 6.07) is 10.3. The summed E-state index contributed by atoms with van der Waals surface area (Å²) in [4.78, 5) is 0. The molecule has 0 radical (unpaired) electrons. The highest BCUT2D eigenvalue weighted by Crippen LogP contribution is 2.36. The summed E-state index contributed by atoms with van der Waals surface area (Å²) >= 11 is 0. The van der Waals surface area contributed by atoms with E-state index < -0.39 is 0 Å². The highest BCUT2D eigenvalue weighted by molar-refractivity contribution is 5.90. The van der Waals surface area contributed by atoms with Crippen LogP contribution in [0.25, 0.3) is 5.57 Å². The van der Waals surface area contributed by atoms with Gasteiger partial charge in [-0.15, -0.1) is 0 Å². The molecule has 0 saturated carbocycles. The molecule has 28 heavy (non-hydrogen) atoms. The Bertz CT molecular complexity index is 875. The molecule has 0 aromatic heterocycles. The van der Waals surface area contributed by atoms with Gasteiger partial charge in [0.25, 0.3) is 0 Å². The molecule has 0 aliphatic rings. The maximum Gasteiger partial charge on any atom is -0.00270 e. The van der Waals surface area contributed by atoms with Crippen LogP contribution < -0.4 is 0 Å². The lowest BCUT2D eigenvalue weighted by atomic mass is 9.84. The van der Waals surface area contributed by atoms with Gasteiger partial charge in [-0.3, -0.25) is 0 Å². The normalized spacial score (nSPS) is 14.1. The van der Waals surface area contributed by atoms with Gasteiger partial charge in [-0.2, -0.15) is 0 Å². The predicted molar refractivity (Wildman–Crippen MR) is 128 cm³/mol. The van der Waals surface area contributed by atoms with Gasteiger partial charge >= 0.3 is 0 Å². The maximum atomic E-state index is 4.07. The van der Waals surface area contributed by atoms with Gasteiger partial charge in [0.15, 0.2) is 0 Å². The van der Waals surface area contributed by atoms with E-state index in [1.807, 2.05) is 74.6 Å². The summed E-state index contributed by atoms with van der Waals surface area (Å²) in [6.07, 6.45) is 21.5. The summed E-state index contributed by atoms with van der Waals surface area (Å²) in [7, 11) is 0. The number of hydrogen-bond acceptors (Lipinski definition) is 0. The van der Waals surface area contributed by atoms with Crippen LogP contribution in [-0.2, 0) is 0 Å². The molecule has 0 atom stereocenters. The molecule has 0 spiro atoms. The van der Waals surface area contributed by atoms with E-state index in [2.05, 4.69) is 50.6 Å². The molecular weight excluding hydrogens is 336 g/mol. The fourth-order valence-corrected chi connectivity index (χ4v) is 2.88. The fraction of sp³-hybridized carbons (Fsp3) is 0.0714. The Hall–Kier alpha value is -3.38. The summed E-state index contributed by atoms with van der Waals surface area (Å²) < 4.78 is 0. The number of rotatable bonds is 10. The van der Waals surface area contributed by atoms with E-state index in [4.69, 9.17) is 0 Å². The Morgan fingerprint density at radius 3 is 1.82 bits per heavy atom. The lowest BCUT2D eigenvalue weighted by Gasteiger charge is -2.19. The van der Waals surface area contributed by atoms with E-state index in [1.54, 1.807) is 12.2 Å². The highest BCUT2D eigenvalue weighted by atomic mass is 14.2. The van der Waals surface area contributed by atoms with Crippen LogP contribution in [0.2, 0.25) is 0 Å². The van der Waals surface area contributed by atoms with Crippen molar-refractivity contribution in [3.05, 3.63) is 151 Å². The van der Waals surface area contributed by atoms with Gasteiger partial charge in [0.2, 0.25) is 0 Å². The first-order valence-corrected chi connectivity index (χ1v) is 9.35. The van der Waals surface area contributed by atoms with Gasteiger partial charge in [-0.1, -0.05) is 123 Å². The zero-order valence-electron chi connectivity index (χ0n) is 17.1. The first-order valence-electron chi connectivity index (χ1n) is 9.35. The van der Waals surface area contributed by atoms with E-state index in [9.17, 15) is 0 Å². The molecule has 0 nitrogen and oxygen atoms in total. The molecule has 0 N–H and O–H groups in total. The molecule has 0 saturated heterocycles. The monoisotopic (exact) mass is 366 g/mol. The average molecular weight is 367 g/mol.